The molecule has 0 spiro atoms. The molecule has 0 aromatic rings. The highest BCUT2D eigenvalue weighted by molar-refractivity contribution is 5.79. The molecule has 1 saturated carbocycles. The Hall–Kier alpha value is -0.830. The van der Waals surface area contributed by atoms with E-state index in [-0.39, 0.29) is 0 Å². The summed E-state index contributed by atoms with van der Waals surface area (Å²) in [6.07, 6.45) is 9.20. The lowest BCUT2D eigenvalue weighted by molar-refractivity contribution is -0.131. The monoisotopic (exact) mass is 198 g/mol. The van der Waals surface area contributed by atoms with Gasteiger partial charge < -0.3 is 9.84 Å². The highest BCUT2D eigenvalue weighted by atomic mass is 16.5. The average molecular weight is 198 g/mol. The van der Waals surface area contributed by atoms with Gasteiger partial charge in [-0.3, -0.25) is 0 Å². The molecule has 1 rings (SSSR count). The third kappa shape index (κ3) is 5.02. The maximum Gasteiger partial charge on any atom is 0.328 e. The molecule has 0 unspecified atom stereocenters. The maximum atomic E-state index is 10.1. The Bertz CT molecular complexity index is 193. The van der Waals surface area contributed by atoms with Gasteiger partial charge in [0.15, 0.2) is 0 Å². The number of rotatable bonds is 5. The summed E-state index contributed by atoms with van der Waals surface area (Å²) in [5.41, 5.74) is 0. The van der Waals surface area contributed by atoms with Gasteiger partial charge in [0, 0.05) is 12.7 Å². The molecule has 0 amide bonds. The van der Waals surface area contributed by atoms with E-state index in [0.717, 1.165) is 12.7 Å². The van der Waals surface area contributed by atoms with E-state index < -0.39 is 5.97 Å². The van der Waals surface area contributed by atoms with Crippen LogP contribution in [0.15, 0.2) is 12.2 Å². The smallest absolute Gasteiger partial charge is 0.328 e. The number of aliphatic carboxylic acids is 1. The second-order valence-electron chi connectivity index (χ2n) is 3.78. The van der Waals surface area contributed by atoms with Crippen molar-refractivity contribution < 1.29 is 14.6 Å². The number of carboxylic acids is 1. The third-order valence-electron chi connectivity index (χ3n) is 2.55. The van der Waals surface area contributed by atoms with Gasteiger partial charge in [0.2, 0.25) is 0 Å². The van der Waals surface area contributed by atoms with Crippen LogP contribution in [-0.2, 0) is 9.53 Å². The van der Waals surface area contributed by atoms with Crippen molar-refractivity contribution in [2.45, 2.75) is 32.1 Å². The van der Waals surface area contributed by atoms with Crippen LogP contribution >= 0.6 is 0 Å². The van der Waals surface area contributed by atoms with Crippen molar-refractivity contribution in [1.29, 1.82) is 0 Å². The van der Waals surface area contributed by atoms with Crippen LogP contribution in [0.5, 0.6) is 0 Å². The fourth-order valence-electron chi connectivity index (χ4n) is 1.81. The predicted molar refractivity (Wildman–Crippen MR) is 54.2 cm³/mol. The number of carbonyl (C=O) groups is 1. The third-order valence-corrected chi connectivity index (χ3v) is 2.55. The fourth-order valence-corrected chi connectivity index (χ4v) is 1.81. The summed E-state index contributed by atoms with van der Waals surface area (Å²) in [4.78, 5) is 10.1. The molecule has 0 aliphatic heterocycles. The second kappa shape index (κ2) is 6.60. The number of ether oxygens (including phenoxy) is 1. The summed E-state index contributed by atoms with van der Waals surface area (Å²) in [5.74, 6) is -0.215. The van der Waals surface area contributed by atoms with Gasteiger partial charge in [-0.05, 0) is 18.8 Å². The Labute approximate surface area is 84.8 Å². The summed E-state index contributed by atoms with van der Waals surface area (Å²) in [6, 6.07) is 0. The molecule has 1 aliphatic rings. The van der Waals surface area contributed by atoms with E-state index in [1.54, 1.807) is 6.08 Å². The molecule has 1 N–H and O–H groups in total. The first-order chi connectivity index (χ1) is 6.79. The highest BCUT2D eigenvalue weighted by Gasteiger charge is 2.12. The molecule has 0 aromatic heterocycles. The molecule has 0 radical (unpaired) electrons. The van der Waals surface area contributed by atoms with E-state index in [9.17, 15) is 4.79 Å². The first-order valence-electron chi connectivity index (χ1n) is 5.26. The Morgan fingerprint density at radius 1 is 1.36 bits per heavy atom. The van der Waals surface area contributed by atoms with Crippen LogP contribution in [0.2, 0.25) is 0 Å². The van der Waals surface area contributed by atoms with E-state index in [2.05, 4.69) is 0 Å². The van der Waals surface area contributed by atoms with Gasteiger partial charge in [-0.2, -0.15) is 0 Å². The van der Waals surface area contributed by atoms with Gasteiger partial charge in [0.25, 0.3) is 0 Å². The quantitative estimate of drug-likeness (QED) is 0.544. The lowest BCUT2D eigenvalue weighted by Gasteiger charge is -2.20. The summed E-state index contributed by atoms with van der Waals surface area (Å²) in [7, 11) is 0. The lowest BCUT2D eigenvalue weighted by atomic mass is 9.90. The van der Waals surface area contributed by atoms with Crippen molar-refractivity contribution in [3.8, 4) is 0 Å². The molecule has 1 fully saturated rings. The minimum Gasteiger partial charge on any atom is -0.478 e. The van der Waals surface area contributed by atoms with Crippen LogP contribution in [0, 0.1) is 5.92 Å². The zero-order chi connectivity index (χ0) is 10.2. The largest absolute Gasteiger partial charge is 0.478 e. The highest BCUT2D eigenvalue weighted by Crippen LogP contribution is 2.23. The van der Waals surface area contributed by atoms with Crippen molar-refractivity contribution in [3.63, 3.8) is 0 Å². The summed E-state index contributed by atoms with van der Waals surface area (Å²) < 4.78 is 5.37. The Balaban J connectivity index is 2.00. The van der Waals surface area contributed by atoms with Crippen LogP contribution in [0.4, 0.5) is 0 Å². The topological polar surface area (TPSA) is 46.5 Å². The number of carboxylic acid groups (broad SMARTS) is 1. The van der Waals surface area contributed by atoms with E-state index in [4.69, 9.17) is 9.84 Å². The molecule has 0 heterocycles. The van der Waals surface area contributed by atoms with Gasteiger partial charge in [-0.25, -0.2) is 4.79 Å². The molecule has 3 heteroatoms. The molecule has 0 atom stereocenters. The molecular weight excluding hydrogens is 180 g/mol. The molecule has 3 nitrogen and oxygen atoms in total. The molecule has 14 heavy (non-hydrogen) atoms. The minimum atomic E-state index is -0.911. The normalized spacial score (nSPS) is 18.9. The standard InChI is InChI=1S/C11H18O3/c12-11(13)7-4-8-14-9-10-5-2-1-3-6-10/h4,7,10H,1-3,5-6,8-9H2,(H,12,13). The Kier molecular flexibility index (Phi) is 5.30. The Morgan fingerprint density at radius 3 is 2.71 bits per heavy atom. The fraction of sp³-hybridized carbons (Fsp3) is 0.727. The number of hydrogen-bond donors (Lipinski definition) is 1. The molecule has 80 valence electrons. The van der Waals surface area contributed by atoms with Crippen molar-refractivity contribution in [1.82, 2.24) is 0 Å². The van der Waals surface area contributed by atoms with E-state index in [1.807, 2.05) is 0 Å². The minimum absolute atomic E-state index is 0.419. The lowest BCUT2D eigenvalue weighted by Crippen LogP contribution is -2.13. The van der Waals surface area contributed by atoms with E-state index >= 15 is 0 Å². The van der Waals surface area contributed by atoms with Crippen LogP contribution < -0.4 is 0 Å². The van der Waals surface area contributed by atoms with Gasteiger partial charge in [0.1, 0.15) is 0 Å². The molecule has 0 saturated heterocycles. The van der Waals surface area contributed by atoms with Crippen LogP contribution in [0.3, 0.4) is 0 Å². The van der Waals surface area contributed by atoms with E-state index in [1.165, 1.54) is 32.1 Å². The van der Waals surface area contributed by atoms with E-state index in [0.29, 0.717) is 12.5 Å². The summed E-state index contributed by atoms with van der Waals surface area (Å²) in [6.45, 7) is 1.20. The van der Waals surface area contributed by atoms with Crippen molar-refractivity contribution in [2.75, 3.05) is 13.2 Å². The molecule has 1 aliphatic carbocycles. The van der Waals surface area contributed by atoms with Gasteiger partial charge in [0.05, 0.1) is 6.61 Å². The van der Waals surface area contributed by atoms with Crippen LogP contribution in [0.25, 0.3) is 0 Å². The zero-order valence-corrected chi connectivity index (χ0v) is 8.45. The molecular formula is C11H18O3. The van der Waals surface area contributed by atoms with Gasteiger partial charge in [-0.15, -0.1) is 0 Å². The molecule has 0 bridgehead atoms. The van der Waals surface area contributed by atoms with Crippen molar-refractivity contribution >= 4 is 5.97 Å². The maximum absolute atomic E-state index is 10.1. The second-order valence-corrected chi connectivity index (χ2v) is 3.78. The zero-order valence-electron chi connectivity index (χ0n) is 8.45. The van der Waals surface area contributed by atoms with Crippen molar-refractivity contribution in [2.24, 2.45) is 5.92 Å². The van der Waals surface area contributed by atoms with Crippen LogP contribution in [0.1, 0.15) is 32.1 Å². The Morgan fingerprint density at radius 2 is 2.07 bits per heavy atom. The number of hydrogen-bond acceptors (Lipinski definition) is 2. The first-order valence-corrected chi connectivity index (χ1v) is 5.26. The van der Waals surface area contributed by atoms with Gasteiger partial charge in [-0.1, -0.05) is 25.3 Å². The molecule has 0 aromatic carbocycles. The average Bonchev–Trinajstić information content (AvgIpc) is 2.18. The first kappa shape index (κ1) is 11.2. The van der Waals surface area contributed by atoms with Gasteiger partial charge >= 0.3 is 5.97 Å². The van der Waals surface area contributed by atoms with Crippen LogP contribution in [-0.4, -0.2) is 24.3 Å². The summed E-state index contributed by atoms with van der Waals surface area (Å²) >= 11 is 0. The van der Waals surface area contributed by atoms with Crippen molar-refractivity contribution in [3.05, 3.63) is 12.2 Å². The SMILES string of the molecule is O=C(O)C=CCOCC1CCCCC1. The summed E-state index contributed by atoms with van der Waals surface area (Å²) in [5, 5.41) is 8.32. The predicted octanol–water partition coefficient (Wildman–Crippen LogP) is 2.22.